The molecule has 0 saturated carbocycles. The Kier molecular flexibility index (Phi) is 7.03. The molecule has 0 aliphatic carbocycles. The summed E-state index contributed by atoms with van der Waals surface area (Å²) in [7, 11) is -3.23. The molecule has 1 atom stereocenters. The van der Waals surface area contributed by atoms with E-state index in [0.717, 1.165) is 5.56 Å². The van der Waals surface area contributed by atoms with Crippen molar-refractivity contribution in [2.75, 3.05) is 18.8 Å². The summed E-state index contributed by atoms with van der Waals surface area (Å²) in [6.07, 6.45) is 4.04. The lowest BCUT2D eigenvalue weighted by atomic mass is 10.1. The molecule has 0 N–H and O–H groups in total. The molecule has 0 radical (unpaired) electrons. The molecule has 0 aliphatic heterocycles. The zero-order chi connectivity index (χ0) is 16.6. The highest BCUT2D eigenvalue weighted by atomic mass is 32.2. The van der Waals surface area contributed by atoms with Crippen molar-refractivity contribution in [3.63, 3.8) is 0 Å². The summed E-state index contributed by atoms with van der Waals surface area (Å²) in [5.74, 6) is 0.132. The van der Waals surface area contributed by atoms with E-state index in [1.165, 1.54) is 0 Å². The standard InChI is InChI=1S/C17H22N2O2S/c1-4-11-19(12-5-2)17(14-18)15-7-9-16(10-8-15)22(20,21)13-6-3/h4-5,7-10,17H,1-2,6,11-13H2,3H3. The molecule has 0 amide bonds. The van der Waals surface area contributed by atoms with Gasteiger partial charge in [0.1, 0.15) is 6.04 Å². The average molecular weight is 318 g/mol. The second kappa shape index (κ2) is 8.52. The molecule has 0 aromatic heterocycles. The summed E-state index contributed by atoms with van der Waals surface area (Å²) in [5.41, 5.74) is 0.765. The fraction of sp³-hybridized carbons (Fsp3) is 0.353. The molecule has 0 spiro atoms. The highest BCUT2D eigenvalue weighted by molar-refractivity contribution is 7.91. The van der Waals surface area contributed by atoms with Crippen LogP contribution in [0.5, 0.6) is 0 Å². The van der Waals surface area contributed by atoms with Crippen LogP contribution in [0, 0.1) is 11.3 Å². The van der Waals surface area contributed by atoms with Crippen molar-refractivity contribution < 1.29 is 8.42 Å². The first-order valence-electron chi connectivity index (χ1n) is 7.18. The maximum Gasteiger partial charge on any atom is 0.178 e. The van der Waals surface area contributed by atoms with Gasteiger partial charge < -0.3 is 0 Å². The minimum atomic E-state index is -3.23. The number of nitriles is 1. The lowest BCUT2D eigenvalue weighted by Crippen LogP contribution is -2.28. The van der Waals surface area contributed by atoms with Gasteiger partial charge in [-0.15, -0.1) is 13.2 Å². The molecule has 5 heteroatoms. The van der Waals surface area contributed by atoms with Gasteiger partial charge >= 0.3 is 0 Å². The van der Waals surface area contributed by atoms with Gasteiger partial charge in [0.25, 0.3) is 0 Å². The predicted octanol–water partition coefficient (Wildman–Crippen LogP) is 3.11. The molecule has 1 rings (SSSR count). The van der Waals surface area contributed by atoms with Crippen molar-refractivity contribution in [1.29, 1.82) is 5.26 Å². The van der Waals surface area contributed by atoms with Crippen LogP contribution in [0.1, 0.15) is 24.9 Å². The van der Waals surface area contributed by atoms with Gasteiger partial charge in [-0.25, -0.2) is 8.42 Å². The Balaban J connectivity index is 3.07. The second-order valence-electron chi connectivity index (χ2n) is 4.95. The van der Waals surface area contributed by atoms with Gasteiger partial charge in [0.05, 0.1) is 16.7 Å². The third-order valence-electron chi connectivity index (χ3n) is 3.24. The lowest BCUT2D eigenvalue weighted by Gasteiger charge is -2.24. The summed E-state index contributed by atoms with van der Waals surface area (Å²) >= 11 is 0. The molecule has 1 aromatic carbocycles. The number of nitrogens with zero attached hydrogens (tertiary/aromatic N) is 2. The molecule has 0 fully saturated rings. The predicted molar refractivity (Wildman–Crippen MR) is 89.1 cm³/mol. The van der Waals surface area contributed by atoms with E-state index in [1.807, 2.05) is 11.8 Å². The van der Waals surface area contributed by atoms with Crippen LogP contribution < -0.4 is 0 Å². The topological polar surface area (TPSA) is 61.2 Å². The van der Waals surface area contributed by atoms with Gasteiger partial charge in [-0.05, 0) is 24.1 Å². The van der Waals surface area contributed by atoms with Crippen molar-refractivity contribution in [3.05, 3.63) is 55.1 Å². The Morgan fingerprint density at radius 2 is 1.77 bits per heavy atom. The summed E-state index contributed by atoms with van der Waals surface area (Å²) in [5, 5.41) is 9.44. The van der Waals surface area contributed by atoms with Crippen LogP contribution in [-0.4, -0.2) is 32.2 Å². The second-order valence-corrected chi connectivity index (χ2v) is 7.06. The van der Waals surface area contributed by atoms with Gasteiger partial charge in [-0.2, -0.15) is 5.26 Å². The smallest absolute Gasteiger partial charge is 0.178 e. The molecular weight excluding hydrogens is 296 g/mol. The highest BCUT2D eigenvalue weighted by Gasteiger charge is 2.19. The first kappa shape index (κ1) is 18.1. The van der Waals surface area contributed by atoms with Crippen LogP contribution in [0.25, 0.3) is 0 Å². The molecule has 22 heavy (non-hydrogen) atoms. The van der Waals surface area contributed by atoms with Crippen LogP contribution in [0.2, 0.25) is 0 Å². The Morgan fingerprint density at radius 1 is 1.23 bits per heavy atom. The van der Waals surface area contributed by atoms with E-state index >= 15 is 0 Å². The van der Waals surface area contributed by atoms with E-state index in [4.69, 9.17) is 0 Å². The third-order valence-corrected chi connectivity index (χ3v) is 5.18. The van der Waals surface area contributed by atoms with Crippen molar-refractivity contribution in [2.45, 2.75) is 24.3 Å². The zero-order valence-corrected chi connectivity index (χ0v) is 13.7. The Morgan fingerprint density at radius 3 is 2.18 bits per heavy atom. The lowest BCUT2D eigenvalue weighted by molar-refractivity contribution is 0.291. The zero-order valence-electron chi connectivity index (χ0n) is 12.9. The van der Waals surface area contributed by atoms with Crippen LogP contribution in [0.15, 0.2) is 54.5 Å². The fourth-order valence-corrected chi connectivity index (χ4v) is 3.55. The molecular formula is C17H22N2O2S. The van der Waals surface area contributed by atoms with E-state index in [1.54, 1.807) is 36.4 Å². The first-order valence-corrected chi connectivity index (χ1v) is 8.83. The Bertz CT molecular complexity index is 632. The minimum Gasteiger partial charge on any atom is -0.277 e. The molecule has 1 aromatic rings. The molecule has 0 bridgehead atoms. The number of hydrogen-bond donors (Lipinski definition) is 0. The maximum absolute atomic E-state index is 12.0. The number of hydrogen-bond acceptors (Lipinski definition) is 4. The monoisotopic (exact) mass is 318 g/mol. The van der Waals surface area contributed by atoms with E-state index in [2.05, 4.69) is 19.2 Å². The number of benzene rings is 1. The molecule has 118 valence electrons. The maximum atomic E-state index is 12.0. The molecule has 4 nitrogen and oxygen atoms in total. The van der Waals surface area contributed by atoms with Crippen LogP contribution in [0.3, 0.4) is 0 Å². The van der Waals surface area contributed by atoms with E-state index in [0.29, 0.717) is 24.4 Å². The van der Waals surface area contributed by atoms with Crippen molar-refractivity contribution >= 4 is 9.84 Å². The molecule has 0 saturated heterocycles. The minimum absolute atomic E-state index is 0.132. The quantitative estimate of drug-likeness (QED) is 0.656. The van der Waals surface area contributed by atoms with Crippen molar-refractivity contribution in [1.82, 2.24) is 4.90 Å². The van der Waals surface area contributed by atoms with Crippen LogP contribution in [0.4, 0.5) is 0 Å². The van der Waals surface area contributed by atoms with E-state index < -0.39 is 15.9 Å². The van der Waals surface area contributed by atoms with Gasteiger partial charge in [0.2, 0.25) is 0 Å². The Hall–Kier alpha value is -1.90. The van der Waals surface area contributed by atoms with Crippen LogP contribution in [-0.2, 0) is 9.84 Å². The Labute approximate surface area is 133 Å². The van der Waals surface area contributed by atoms with Crippen molar-refractivity contribution in [3.8, 4) is 6.07 Å². The largest absolute Gasteiger partial charge is 0.277 e. The fourth-order valence-electron chi connectivity index (χ4n) is 2.23. The van der Waals surface area contributed by atoms with Crippen molar-refractivity contribution in [2.24, 2.45) is 0 Å². The highest BCUT2D eigenvalue weighted by Crippen LogP contribution is 2.22. The summed E-state index contributed by atoms with van der Waals surface area (Å²) in [4.78, 5) is 2.21. The van der Waals surface area contributed by atoms with Crippen LogP contribution >= 0.6 is 0 Å². The molecule has 0 aliphatic rings. The SMILES string of the molecule is C=CCN(CC=C)C(C#N)c1ccc(S(=O)(=O)CCC)cc1. The first-order chi connectivity index (χ1) is 10.5. The van der Waals surface area contributed by atoms with Gasteiger partial charge in [-0.3, -0.25) is 4.90 Å². The van der Waals surface area contributed by atoms with Gasteiger partial charge in [0, 0.05) is 13.1 Å². The number of sulfone groups is 1. The molecule has 1 unspecified atom stereocenters. The van der Waals surface area contributed by atoms with Gasteiger partial charge in [-0.1, -0.05) is 31.2 Å². The molecule has 0 heterocycles. The summed E-state index contributed by atoms with van der Waals surface area (Å²) in [6.45, 7) is 10.3. The van der Waals surface area contributed by atoms with E-state index in [9.17, 15) is 13.7 Å². The summed E-state index contributed by atoms with van der Waals surface area (Å²) < 4.78 is 24.0. The third kappa shape index (κ3) is 4.55. The van der Waals surface area contributed by atoms with Gasteiger partial charge in [0.15, 0.2) is 9.84 Å². The normalized spacial score (nSPS) is 12.6. The number of rotatable bonds is 9. The summed E-state index contributed by atoms with van der Waals surface area (Å²) in [6, 6.07) is 8.35. The van der Waals surface area contributed by atoms with E-state index in [-0.39, 0.29) is 5.75 Å². The average Bonchev–Trinajstić information content (AvgIpc) is 2.49.